The SMILES string of the molecule is CON=Cc1c(Cl)ccc(-n2c(=O)[nH]c(C(F)(F)F)c(N)c2=O)c1F. The predicted octanol–water partition coefficient (Wildman–Crippen LogP) is 1.90. The molecule has 2 rings (SSSR count). The van der Waals surface area contributed by atoms with Gasteiger partial charge < -0.3 is 15.6 Å². The predicted molar refractivity (Wildman–Crippen MR) is 81.6 cm³/mol. The zero-order valence-electron chi connectivity index (χ0n) is 12.3. The molecule has 0 aliphatic heterocycles. The molecule has 134 valence electrons. The Kier molecular flexibility index (Phi) is 4.88. The maximum Gasteiger partial charge on any atom is 0.433 e. The van der Waals surface area contributed by atoms with Crippen molar-refractivity contribution in [2.75, 3.05) is 12.8 Å². The Morgan fingerprint density at radius 1 is 1.36 bits per heavy atom. The van der Waals surface area contributed by atoms with Crippen LogP contribution in [0.4, 0.5) is 23.2 Å². The van der Waals surface area contributed by atoms with Crippen LogP contribution in [0.2, 0.25) is 5.02 Å². The third-order valence-electron chi connectivity index (χ3n) is 3.06. The number of rotatable bonds is 3. The quantitative estimate of drug-likeness (QED) is 0.482. The van der Waals surface area contributed by atoms with Gasteiger partial charge in [0.15, 0.2) is 11.5 Å². The molecule has 1 aromatic carbocycles. The first-order valence-corrected chi connectivity index (χ1v) is 6.74. The van der Waals surface area contributed by atoms with E-state index in [1.54, 1.807) is 0 Å². The average Bonchev–Trinajstić information content (AvgIpc) is 2.52. The molecule has 1 aromatic heterocycles. The molecule has 0 atom stereocenters. The van der Waals surface area contributed by atoms with Crippen molar-refractivity contribution in [1.82, 2.24) is 9.55 Å². The van der Waals surface area contributed by atoms with Crippen LogP contribution in [-0.4, -0.2) is 22.9 Å². The summed E-state index contributed by atoms with van der Waals surface area (Å²) in [7, 11) is 1.18. The highest BCUT2D eigenvalue weighted by Gasteiger charge is 2.36. The average molecular weight is 381 g/mol. The van der Waals surface area contributed by atoms with Crippen LogP contribution in [0.3, 0.4) is 0 Å². The second-order valence-electron chi connectivity index (χ2n) is 4.57. The number of nitrogens with zero attached hydrogens (tertiary/aromatic N) is 2. The summed E-state index contributed by atoms with van der Waals surface area (Å²) >= 11 is 5.79. The molecule has 0 amide bonds. The molecule has 2 aromatic rings. The molecular weight excluding hydrogens is 372 g/mol. The fraction of sp³-hybridized carbons (Fsp3) is 0.154. The number of hydrogen-bond donors (Lipinski definition) is 2. The Morgan fingerprint density at radius 3 is 2.56 bits per heavy atom. The second kappa shape index (κ2) is 6.59. The van der Waals surface area contributed by atoms with Crippen LogP contribution in [0, 0.1) is 5.82 Å². The number of nitrogen functional groups attached to an aromatic ring is 1. The van der Waals surface area contributed by atoms with E-state index in [4.69, 9.17) is 17.3 Å². The van der Waals surface area contributed by atoms with E-state index in [1.807, 2.05) is 0 Å². The molecule has 0 fully saturated rings. The summed E-state index contributed by atoms with van der Waals surface area (Å²) in [6, 6.07) is 2.06. The van der Waals surface area contributed by atoms with Gasteiger partial charge in [-0.1, -0.05) is 16.8 Å². The summed E-state index contributed by atoms with van der Waals surface area (Å²) in [4.78, 5) is 29.8. The molecule has 0 unspecified atom stereocenters. The number of hydrogen-bond acceptors (Lipinski definition) is 5. The van der Waals surface area contributed by atoms with E-state index < -0.39 is 40.3 Å². The number of oxime groups is 1. The minimum atomic E-state index is -5.06. The maximum atomic E-state index is 14.6. The fourth-order valence-corrected chi connectivity index (χ4v) is 2.14. The van der Waals surface area contributed by atoms with Gasteiger partial charge in [-0.25, -0.2) is 13.8 Å². The minimum Gasteiger partial charge on any atom is -0.399 e. The highest BCUT2D eigenvalue weighted by Crippen LogP contribution is 2.29. The molecule has 0 saturated heterocycles. The van der Waals surface area contributed by atoms with Crippen LogP contribution in [0.1, 0.15) is 11.3 Å². The number of nitrogens with one attached hydrogen (secondary N) is 1. The minimum absolute atomic E-state index is 0.125. The zero-order chi connectivity index (χ0) is 18.9. The van der Waals surface area contributed by atoms with E-state index in [-0.39, 0.29) is 15.2 Å². The van der Waals surface area contributed by atoms with Crippen LogP contribution in [-0.2, 0) is 11.0 Å². The highest BCUT2D eigenvalue weighted by atomic mass is 35.5. The van der Waals surface area contributed by atoms with E-state index in [1.165, 1.54) is 12.1 Å². The van der Waals surface area contributed by atoms with Crippen molar-refractivity contribution >= 4 is 23.5 Å². The molecular formula is C13H9ClF4N4O3. The van der Waals surface area contributed by atoms with Gasteiger partial charge in [-0.05, 0) is 12.1 Å². The molecule has 12 heteroatoms. The van der Waals surface area contributed by atoms with Gasteiger partial charge in [0.1, 0.15) is 12.8 Å². The number of aromatic amines is 1. The molecule has 25 heavy (non-hydrogen) atoms. The monoisotopic (exact) mass is 380 g/mol. The Morgan fingerprint density at radius 2 is 2.00 bits per heavy atom. The fourth-order valence-electron chi connectivity index (χ4n) is 1.95. The molecule has 7 nitrogen and oxygen atoms in total. The Bertz CT molecular complexity index is 965. The van der Waals surface area contributed by atoms with Crippen molar-refractivity contribution < 1.29 is 22.4 Å². The van der Waals surface area contributed by atoms with Crippen molar-refractivity contribution in [3.8, 4) is 5.69 Å². The van der Waals surface area contributed by atoms with Crippen molar-refractivity contribution in [3.63, 3.8) is 0 Å². The number of nitrogens with two attached hydrogens (primary N) is 1. The maximum absolute atomic E-state index is 14.6. The van der Waals surface area contributed by atoms with E-state index in [9.17, 15) is 27.2 Å². The van der Waals surface area contributed by atoms with Gasteiger partial charge in [0, 0.05) is 0 Å². The number of aromatic nitrogens is 2. The lowest BCUT2D eigenvalue weighted by molar-refractivity contribution is -0.140. The molecule has 0 aliphatic carbocycles. The molecule has 0 radical (unpaired) electrons. The zero-order valence-corrected chi connectivity index (χ0v) is 13.1. The van der Waals surface area contributed by atoms with Crippen LogP contribution < -0.4 is 17.0 Å². The van der Waals surface area contributed by atoms with Crippen molar-refractivity contribution in [2.45, 2.75) is 6.18 Å². The number of halogens is 5. The lowest BCUT2D eigenvalue weighted by Gasteiger charge is -2.13. The smallest absolute Gasteiger partial charge is 0.399 e. The first-order chi connectivity index (χ1) is 11.6. The van der Waals surface area contributed by atoms with Crippen LogP contribution in [0.5, 0.6) is 0 Å². The third-order valence-corrected chi connectivity index (χ3v) is 3.39. The second-order valence-corrected chi connectivity index (χ2v) is 4.98. The first-order valence-electron chi connectivity index (χ1n) is 6.36. The standard InChI is InChI=1S/C13H9ClF4N4O3/c1-25-20-4-5-6(14)2-3-7(8(5)15)22-11(23)9(19)10(13(16,17)18)21-12(22)24/h2-4H,19H2,1H3,(H,21,24). The summed E-state index contributed by atoms with van der Waals surface area (Å²) in [5.74, 6) is -1.18. The molecule has 0 spiro atoms. The molecule has 0 aliphatic rings. The summed E-state index contributed by atoms with van der Waals surface area (Å²) in [6.07, 6.45) is -4.19. The number of H-pyrrole nitrogens is 1. The number of alkyl halides is 3. The van der Waals surface area contributed by atoms with Gasteiger partial charge in [-0.2, -0.15) is 13.2 Å². The van der Waals surface area contributed by atoms with Gasteiger partial charge in [0.25, 0.3) is 5.56 Å². The van der Waals surface area contributed by atoms with Gasteiger partial charge in [-0.15, -0.1) is 0 Å². The summed E-state index contributed by atoms with van der Waals surface area (Å²) in [5.41, 5.74) is -1.90. The van der Waals surface area contributed by atoms with E-state index in [0.717, 1.165) is 18.3 Å². The van der Waals surface area contributed by atoms with Gasteiger partial charge in [-0.3, -0.25) is 4.79 Å². The molecule has 1 heterocycles. The van der Waals surface area contributed by atoms with E-state index in [0.29, 0.717) is 0 Å². The lowest BCUT2D eigenvalue weighted by atomic mass is 10.2. The summed E-state index contributed by atoms with van der Waals surface area (Å²) in [6.45, 7) is 0. The van der Waals surface area contributed by atoms with Crippen LogP contribution in [0.15, 0.2) is 26.9 Å². The largest absolute Gasteiger partial charge is 0.433 e. The van der Waals surface area contributed by atoms with Crippen molar-refractivity contribution in [3.05, 3.63) is 55.1 Å². The first kappa shape index (κ1) is 18.5. The Labute approximate surface area is 141 Å². The normalized spacial score (nSPS) is 11.9. The number of benzene rings is 1. The van der Waals surface area contributed by atoms with Crippen LogP contribution in [0.25, 0.3) is 5.69 Å². The number of anilines is 1. The van der Waals surface area contributed by atoms with Crippen molar-refractivity contribution in [2.24, 2.45) is 5.16 Å². The summed E-state index contributed by atoms with van der Waals surface area (Å²) < 4.78 is 53.0. The Balaban J connectivity index is 2.81. The van der Waals surface area contributed by atoms with E-state index in [2.05, 4.69) is 9.99 Å². The lowest BCUT2D eigenvalue weighted by Crippen LogP contribution is -2.39. The highest BCUT2D eigenvalue weighted by molar-refractivity contribution is 6.33. The Hall–Kier alpha value is -2.82. The van der Waals surface area contributed by atoms with E-state index >= 15 is 0 Å². The van der Waals surface area contributed by atoms with Crippen LogP contribution >= 0.6 is 11.6 Å². The molecule has 0 saturated carbocycles. The third kappa shape index (κ3) is 3.36. The van der Waals surface area contributed by atoms with Crippen molar-refractivity contribution in [1.29, 1.82) is 0 Å². The molecule has 0 bridgehead atoms. The topological polar surface area (TPSA) is 102 Å². The molecule has 3 N–H and O–H groups in total. The van der Waals surface area contributed by atoms with Gasteiger partial charge >= 0.3 is 11.9 Å². The van der Waals surface area contributed by atoms with Gasteiger partial charge in [0.2, 0.25) is 0 Å². The summed E-state index contributed by atoms with van der Waals surface area (Å²) in [5, 5.41) is 3.18. The van der Waals surface area contributed by atoms with Gasteiger partial charge in [0.05, 0.1) is 22.5 Å².